The van der Waals surface area contributed by atoms with Gasteiger partial charge in [0.2, 0.25) is 5.75 Å². The average Bonchev–Trinajstić information content (AvgIpc) is 2.74. The van der Waals surface area contributed by atoms with Gasteiger partial charge in [0.1, 0.15) is 6.61 Å². The highest BCUT2D eigenvalue weighted by Gasteiger charge is 2.14. The highest BCUT2D eigenvalue weighted by molar-refractivity contribution is 5.54. The topological polar surface area (TPSA) is 75.6 Å². The monoisotopic (exact) mass is 392 g/mol. The molecule has 1 N–H and O–H groups in total. The molecule has 0 saturated heterocycles. The van der Waals surface area contributed by atoms with Crippen LogP contribution in [0.2, 0.25) is 0 Å². The summed E-state index contributed by atoms with van der Waals surface area (Å²) in [5.74, 6) is 3.00. The molecule has 0 atom stereocenters. The number of methoxy groups -OCH3 is 4. The Morgan fingerprint density at radius 1 is 0.714 bits per heavy atom. The third kappa shape index (κ3) is 5.68. The fourth-order valence-electron chi connectivity index (χ4n) is 2.79. The number of hydrogen-bond acceptors (Lipinski definition) is 7. The second-order valence-corrected chi connectivity index (χ2v) is 5.94. The van der Waals surface area contributed by atoms with Crippen molar-refractivity contribution in [1.29, 1.82) is 0 Å². The van der Waals surface area contributed by atoms with Gasteiger partial charge in [0.25, 0.3) is 0 Å². The third-order valence-electron chi connectivity index (χ3n) is 4.12. The van der Waals surface area contributed by atoms with Crippen molar-refractivity contribution >= 4 is 0 Å². The van der Waals surface area contributed by atoms with E-state index >= 15 is 0 Å². The number of hydrogen-bond donors (Lipinski definition) is 1. The summed E-state index contributed by atoms with van der Waals surface area (Å²) in [7, 11) is 6.35. The highest BCUT2D eigenvalue weighted by atomic mass is 16.7. The summed E-state index contributed by atoms with van der Waals surface area (Å²) < 4.78 is 32.3. The van der Waals surface area contributed by atoms with Gasteiger partial charge in [-0.3, -0.25) is 0 Å². The lowest BCUT2D eigenvalue weighted by Gasteiger charge is -2.15. The average molecular weight is 392 g/mol. The molecule has 0 saturated carbocycles. The van der Waals surface area contributed by atoms with Crippen molar-refractivity contribution in [3.8, 4) is 28.7 Å². The van der Waals surface area contributed by atoms with Crippen LogP contribution in [-0.4, -0.2) is 53.6 Å². The minimum atomic E-state index is -0.0629. The Morgan fingerprint density at radius 3 is 1.93 bits per heavy atom. The summed E-state index contributed by atoms with van der Waals surface area (Å²) in [5.41, 5.74) is 2.14. The molecule has 2 aromatic rings. The molecule has 0 bridgehead atoms. The van der Waals surface area contributed by atoms with E-state index < -0.39 is 0 Å². The largest absolute Gasteiger partial charge is 0.493 e. The third-order valence-corrected chi connectivity index (χ3v) is 4.12. The van der Waals surface area contributed by atoms with Crippen LogP contribution in [0.4, 0.5) is 0 Å². The quantitative estimate of drug-likeness (QED) is 0.557. The zero-order valence-corrected chi connectivity index (χ0v) is 16.8. The lowest BCUT2D eigenvalue weighted by Crippen LogP contribution is -2.06. The molecule has 7 nitrogen and oxygen atoms in total. The first-order valence-corrected chi connectivity index (χ1v) is 8.94. The first-order valence-electron chi connectivity index (χ1n) is 8.94. The predicted octanol–water partition coefficient (Wildman–Crippen LogP) is 2.85. The maximum Gasteiger partial charge on any atom is 0.203 e. The molecule has 0 unspecified atom stereocenters. The van der Waals surface area contributed by atoms with Crippen molar-refractivity contribution < 1.29 is 33.5 Å². The number of aryl methyl sites for hydroxylation is 2. The molecule has 0 heterocycles. The molecular weight excluding hydrogens is 364 g/mol. The highest BCUT2D eigenvalue weighted by Crippen LogP contribution is 2.38. The smallest absolute Gasteiger partial charge is 0.203 e. The number of aliphatic hydroxyl groups excluding tert-OH is 1. The van der Waals surface area contributed by atoms with Crippen molar-refractivity contribution in [2.45, 2.75) is 12.8 Å². The zero-order chi connectivity index (χ0) is 20.4. The lowest BCUT2D eigenvalue weighted by molar-refractivity contribution is 0.0481. The van der Waals surface area contributed by atoms with E-state index in [1.807, 2.05) is 30.3 Å². The summed E-state index contributed by atoms with van der Waals surface area (Å²) >= 11 is 0. The summed E-state index contributed by atoms with van der Waals surface area (Å²) in [6, 6.07) is 9.63. The Morgan fingerprint density at radius 2 is 1.36 bits per heavy atom. The van der Waals surface area contributed by atoms with Gasteiger partial charge in [0.15, 0.2) is 29.8 Å². The molecule has 0 aromatic heterocycles. The van der Waals surface area contributed by atoms with Gasteiger partial charge in [-0.15, -0.1) is 0 Å². The van der Waals surface area contributed by atoms with Crippen LogP contribution in [0.3, 0.4) is 0 Å². The van der Waals surface area contributed by atoms with Crippen molar-refractivity contribution in [2.24, 2.45) is 0 Å². The van der Waals surface area contributed by atoms with Crippen LogP contribution < -0.4 is 23.7 Å². The van der Waals surface area contributed by atoms with Gasteiger partial charge in [0.05, 0.1) is 27.9 Å². The normalized spacial score (nSPS) is 10.5. The van der Waals surface area contributed by atoms with E-state index in [2.05, 4.69) is 0 Å². The van der Waals surface area contributed by atoms with Crippen LogP contribution in [0.25, 0.3) is 0 Å². The maximum atomic E-state index is 8.96. The Kier molecular flexibility index (Phi) is 8.71. The van der Waals surface area contributed by atoms with Crippen molar-refractivity contribution in [1.82, 2.24) is 0 Å². The van der Waals surface area contributed by atoms with Crippen molar-refractivity contribution in [3.05, 3.63) is 41.5 Å². The Balaban J connectivity index is 2.17. The SMILES string of the molecule is COCOc1cc(CCc2cc(OC)c(OC)c(OC)c2)ccc1OCCO. The van der Waals surface area contributed by atoms with Crippen molar-refractivity contribution in [3.63, 3.8) is 0 Å². The van der Waals surface area contributed by atoms with Gasteiger partial charge < -0.3 is 33.5 Å². The predicted molar refractivity (Wildman–Crippen MR) is 105 cm³/mol. The summed E-state index contributed by atoms with van der Waals surface area (Å²) in [6.07, 6.45) is 1.56. The van der Waals surface area contributed by atoms with E-state index in [1.54, 1.807) is 28.4 Å². The second-order valence-electron chi connectivity index (χ2n) is 5.94. The van der Waals surface area contributed by atoms with E-state index in [9.17, 15) is 0 Å². The fourth-order valence-corrected chi connectivity index (χ4v) is 2.79. The molecule has 0 spiro atoms. The van der Waals surface area contributed by atoms with Gasteiger partial charge in [-0.2, -0.15) is 0 Å². The van der Waals surface area contributed by atoms with Crippen LogP contribution in [0.5, 0.6) is 28.7 Å². The molecule has 0 aliphatic heterocycles. The molecule has 2 rings (SSSR count). The minimum Gasteiger partial charge on any atom is -0.493 e. The molecule has 0 radical (unpaired) electrons. The van der Waals surface area contributed by atoms with E-state index in [1.165, 1.54) is 0 Å². The summed E-state index contributed by atoms with van der Waals surface area (Å²) in [5, 5.41) is 8.96. The molecule has 0 aliphatic rings. The van der Waals surface area contributed by atoms with Crippen LogP contribution in [0.1, 0.15) is 11.1 Å². The van der Waals surface area contributed by atoms with Gasteiger partial charge in [0, 0.05) is 7.11 Å². The van der Waals surface area contributed by atoms with Crippen LogP contribution in [0, 0.1) is 0 Å². The van der Waals surface area contributed by atoms with Gasteiger partial charge in [-0.25, -0.2) is 0 Å². The number of aliphatic hydroxyl groups is 1. The first kappa shape index (κ1) is 21.7. The van der Waals surface area contributed by atoms with Gasteiger partial charge in [-0.1, -0.05) is 6.07 Å². The van der Waals surface area contributed by atoms with E-state index in [0.717, 1.165) is 24.0 Å². The number of benzene rings is 2. The molecule has 28 heavy (non-hydrogen) atoms. The number of ether oxygens (including phenoxy) is 6. The van der Waals surface area contributed by atoms with Crippen LogP contribution in [-0.2, 0) is 17.6 Å². The van der Waals surface area contributed by atoms with E-state index in [0.29, 0.717) is 28.7 Å². The standard InChI is InChI=1S/C21H28O7/c1-23-14-28-18-11-15(7-8-17(18)27-10-9-22)5-6-16-12-19(24-2)21(26-4)20(13-16)25-3/h7-8,11-13,22H,5-6,9-10,14H2,1-4H3. The molecule has 154 valence electrons. The molecular formula is C21H28O7. The second kappa shape index (κ2) is 11.3. The lowest BCUT2D eigenvalue weighted by atomic mass is 10.0. The molecule has 7 heteroatoms. The van der Waals surface area contributed by atoms with Crippen LogP contribution in [0.15, 0.2) is 30.3 Å². The summed E-state index contributed by atoms with van der Waals surface area (Å²) in [6.45, 7) is 0.256. The zero-order valence-electron chi connectivity index (χ0n) is 16.8. The van der Waals surface area contributed by atoms with Gasteiger partial charge >= 0.3 is 0 Å². The maximum absolute atomic E-state index is 8.96. The Hall–Kier alpha value is -2.64. The van der Waals surface area contributed by atoms with Crippen molar-refractivity contribution in [2.75, 3.05) is 48.4 Å². The van der Waals surface area contributed by atoms with Gasteiger partial charge in [-0.05, 0) is 48.2 Å². The van der Waals surface area contributed by atoms with E-state index in [4.69, 9.17) is 33.5 Å². The summed E-state index contributed by atoms with van der Waals surface area (Å²) in [4.78, 5) is 0. The fraction of sp³-hybridized carbons (Fsp3) is 0.429. The van der Waals surface area contributed by atoms with Crippen LogP contribution >= 0.6 is 0 Å². The molecule has 2 aromatic carbocycles. The minimum absolute atomic E-state index is 0.0629. The first-order chi connectivity index (χ1) is 13.7. The van der Waals surface area contributed by atoms with E-state index in [-0.39, 0.29) is 20.0 Å². The Labute approximate surface area is 165 Å². The number of rotatable bonds is 12. The Bertz CT molecular complexity index is 721. The molecule has 0 amide bonds. The molecule has 0 aliphatic carbocycles. The molecule has 0 fully saturated rings.